The Balaban J connectivity index is 0.000000658. The number of H-pyrrole nitrogens is 1. The molecule has 1 aliphatic heterocycles. The van der Waals surface area contributed by atoms with Gasteiger partial charge in [0, 0.05) is 42.2 Å². The van der Waals surface area contributed by atoms with Gasteiger partial charge < -0.3 is 20.1 Å². The number of imidazole rings is 1. The maximum absolute atomic E-state index is 15.7. The van der Waals surface area contributed by atoms with E-state index in [0.29, 0.717) is 48.0 Å². The van der Waals surface area contributed by atoms with Crippen molar-refractivity contribution in [3.05, 3.63) is 35.7 Å². The highest BCUT2D eigenvalue weighted by molar-refractivity contribution is 7.85. The van der Waals surface area contributed by atoms with Gasteiger partial charge in [-0.2, -0.15) is 8.42 Å². The molecule has 1 fully saturated rings. The molecule has 1 aliphatic rings. The second kappa shape index (κ2) is 10.8. The number of hydrogen-bond acceptors (Lipinski definition) is 8. The average Bonchev–Trinajstić information content (AvgIpc) is 3.41. The molecule has 2 amide bonds. The number of carbonyl (C=O) groups excluding carboxylic acids is 1. The van der Waals surface area contributed by atoms with E-state index in [1.807, 2.05) is 0 Å². The quantitative estimate of drug-likeness (QED) is 0.314. The van der Waals surface area contributed by atoms with Gasteiger partial charge in [-0.05, 0) is 39.7 Å². The van der Waals surface area contributed by atoms with Crippen molar-refractivity contribution in [2.45, 2.75) is 45.3 Å². The van der Waals surface area contributed by atoms with E-state index in [1.165, 1.54) is 12.4 Å². The fourth-order valence-corrected chi connectivity index (χ4v) is 3.62. The van der Waals surface area contributed by atoms with E-state index in [-0.39, 0.29) is 17.3 Å². The Kier molecular flexibility index (Phi) is 8.23. The minimum Gasteiger partial charge on any atom is -0.382 e. The summed E-state index contributed by atoms with van der Waals surface area (Å²) in [5.41, 5.74) is 0.853. The fourth-order valence-electron chi connectivity index (χ4n) is 3.62. The summed E-state index contributed by atoms with van der Waals surface area (Å²) in [6.45, 7) is 5.98. The summed E-state index contributed by atoms with van der Waals surface area (Å²) in [6, 6.07) is 1.21. The zero-order valence-electron chi connectivity index (χ0n) is 20.3. The van der Waals surface area contributed by atoms with Crippen LogP contribution >= 0.6 is 0 Å². The number of aromatic nitrogens is 4. The van der Waals surface area contributed by atoms with E-state index in [2.05, 4.69) is 30.6 Å². The Morgan fingerprint density at radius 2 is 1.97 bits per heavy atom. The lowest BCUT2D eigenvalue weighted by atomic mass is 9.98. The molecule has 3 heterocycles. The number of aromatic amines is 1. The lowest BCUT2D eigenvalue weighted by Gasteiger charge is -2.16. The molecule has 196 valence electrons. The summed E-state index contributed by atoms with van der Waals surface area (Å²) < 4.78 is 47.4. The first-order valence-corrected chi connectivity index (χ1v) is 13.0. The molecule has 0 spiro atoms. The van der Waals surface area contributed by atoms with E-state index >= 15 is 4.39 Å². The molecular formula is C22H29FN6O6S. The van der Waals surface area contributed by atoms with E-state index in [1.54, 1.807) is 26.8 Å². The number of benzene rings is 1. The topological polar surface area (TPSA) is 179 Å². The number of rotatable bonds is 5. The van der Waals surface area contributed by atoms with E-state index in [9.17, 15) is 18.3 Å². The van der Waals surface area contributed by atoms with Crippen molar-refractivity contribution in [1.29, 1.82) is 0 Å². The van der Waals surface area contributed by atoms with Gasteiger partial charge in [0.05, 0.1) is 23.4 Å². The zero-order chi connectivity index (χ0) is 26.7. The summed E-state index contributed by atoms with van der Waals surface area (Å²) in [5.74, 6) is -0.00695. The highest BCUT2D eigenvalue weighted by Crippen LogP contribution is 2.39. The van der Waals surface area contributed by atoms with Crippen molar-refractivity contribution >= 4 is 33.1 Å². The molecule has 5 N–H and O–H groups in total. The van der Waals surface area contributed by atoms with Gasteiger partial charge in [0.25, 0.3) is 10.1 Å². The van der Waals surface area contributed by atoms with Crippen molar-refractivity contribution < 1.29 is 32.0 Å². The van der Waals surface area contributed by atoms with Gasteiger partial charge in [0.15, 0.2) is 5.82 Å². The van der Waals surface area contributed by atoms with Crippen molar-refractivity contribution in [2.75, 3.05) is 24.7 Å². The number of urea groups is 1. The number of halogens is 1. The van der Waals surface area contributed by atoms with Crippen LogP contribution in [-0.4, -0.2) is 63.5 Å². The van der Waals surface area contributed by atoms with Crippen LogP contribution in [0.5, 0.6) is 0 Å². The van der Waals surface area contributed by atoms with Crippen LogP contribution in [-0.2, 0) is 20.5 Å². The molecule has 3 aromatic rings. The molecule has 1 saturated heterocycles. The summed E-state index contributed by atoms with van der Waals surface area (Å²) in [4.78, 5) is 27.7. The van der Waals surface area contributed by atoms with Crippen LogP contribution in [0.4, 0.5) is 15.1 Å². The molecule has 0 unspecified atom stereocenters. The fraction of sp³-hybridized carbons (Fsp3) is 0.455. The maximum Gasteiger partial charge on any atom is 0.321 e. The number of carbonyl (C=O) groups is 1. The highest BCUT2D eigenvalue weighted by atomic mass is 32.2. The average molecular weight is 525 g/mol. The van der Waals surface area contributed by atoms with Crippen LogP contribution in [0.2, 0.25) is 0 Å². The molecule has 2 aromatic heterocycles. The van der Waals surface area contributed by atoms with Crippen molar-refractivity contribution in [3.63, 3.8) is 0 Å². The second-order valence-electron chi connectivity index (χ2n) is 8.71. The number of nitrogens with zero attached hydrogens (tertiary/aromatic N) is 3. The van der Waals surface area contributed by atoms with Gasteiger partial charge in [0.1, 0.15) is 11.4 Å². The van der Waals surface area contributed by atoms with E-state index in [4.69, 9.17) is 9.29 Å². The van der Waals surface area contributed by atoms with E-state index < -0.39 is 33.7 Å². The normalized spacial score (nSPS) is 15.9. The van der Waals surface area contributed by atoms with Crippen molar-refractivity contribution in [3.8, 4) is 11.1 Å². The number of aliphatic hydroxyl groups is 1. The Morgan fingerprint density at radius 1 is 1.33 bits per heavy atom. The molecular weight excluding hydrogens is 495 g/mol. The number of amides is 2. The van der Waals surface area contributed by atoms with Gasteiger partial charge in [0.2, 0.25) is 5.95 Å². The van der Waals surface area contributed by atoms with Crippen LogP contribution in [0.25, 0.3) is 22.2 Å². The number of anilines is 1. The molecule has 0 aliphatic carbocycles. The molecule has 0 radical (unpaired) electrons. The molecule has 36 heavy (non-hydrogen) atoms. The molecule has 14 heteroatoms. The standard InChI is InChI=1S/C21H25FN6O3.CH4O3S/c1-4-23-20(29)28-19-26-13-8-12(11-9-24-18(25-10-11)21(2,3)30)16(22)15(17(13)27-19)14-6-5-7-31-14;1-5(2,3)4/h8-10,14,30H,4-7H2,1-3H3,(H3,23,26,27,28,29);1H3,(H,2,3,4)/t14-;/m1./s1. The number of ether oxygens (including phenoxy) is 1. The lowest BCUT2D eigenvalue weighted by Crippen LogP contribution is -2.28. The largest absolute Gasteiger partial charge is 0.382 e. The first-order valence-electron chi connectivity index (χ1n) is 11.1. The van der Waals surface area contributed by atoms with Crippen LogP contribution in [0, 0.1) is 5.82 Å². The Morgan fingerprint density at radius 3 is 2.50 bits per heavy atom. The smallest absolute Gasteiger partial charge is 0.321 e. The van der Waals surface area contributed by atoms with E-state index in [0.717, 1.165) is 6.42 Å². The van der Waals surface area contributed by atoms with Gasteiger partial charge in [-0.3, -0.25) is 9.87 Å². The summed E-state index contributed by atoms with van der Waals surface area (Å²) >= 11 is 0. The van der Waals surface area contributed by atoms with Gasteiger partial charge >= 0.3 is 6.03 Å². The Bertz CT molecular complexity index is 1320. The summed E-state index contributed by atoms with van der Waals surface area (Å²) in [7, 11) is -3.67. The van der Waals surface area contributed by atoms with Crippen LogP contribution < -0.4 is 10.6 Å². The summed E-state index contributed by atoms with van der Waals surface area (Å²) in [6.07, 6.45) is 4.75. The van der Waals surface area contributed by atoms with Crippen molar-refractivity contribution in [2.24, 2.45) is 0 Å². The lowest BCUT2D eigenvalue weighted by molar-refractivity contribution is 0.0687. The molecule has 12 nitrogen and oxygen atoms in total. The Labute approximate surface area is 207 Å². The third kappa shape index (κ3) is 6.94. The van der Waals surface area contributed by atoms with Crippen molar-refractivity contribution in [1.82, 2.24) is 25.3 Å². The molecule has 0 bridgehead atoms. The molecule has 4 rings (SSSR count). The predicted octanol–water partition coefficient (Wildman–Crippen LogP) is 2.88. The second-order valence-corrected chi connectivity index (χ2v) is 10.2. The number of hydrogen-bond donors (Lipinski definition) is 5. The minimum absolute atomic E-state index is 0.213. The third-order valence-electron chi connectivity index (χ3n) is 5.08. The van der Waals surface area contributed by atoms with Crippen LogP contribution in [0.3, 0.4) is 0 Å². The first kappa shape index (κ1) is 27.4. The number of fused-ring (bicyclic) bond motifs is 1. The minimum atomic E-state index is -3.67. The SMILES string of the molecule is CCNC(=O)Nc1nc2c([C@H]3CCCO3)c(F)c(-c3cnc(C(C)(C)O)nc3)cc2[nH]1.CS(=O)(=O)O. The van der Waals surface area contributed by atoms with Gasteiger partial charge in [-0.1, -0.05) is 0 Å². The Hall–Kier alpha value is -3.20. The van der Waals surface area contributed by atoms with Crippen LogP contribution in [0.1, 0.15) is 51.1 Å². The maximum atomic E-state index is 15.7. The first-order chi connectivity index (χ1) is 16.8. The van der Waals surface area contributed by atoms with Crippen LogP contribution in [0.15, 0.2) is 18.5 Å². The third-order valence-corrected chi connectivity index (χ3v) is 5.08. The van der Waals surface area contributed by atoms with Gasteiger partial charge in [-0.15, -0.1) is 0 Å². The summed E-state index contributed by atoms with van der Waals surface area (Å²) in [5, 5.41) is 15.3. The molecule has 1 aromatic carbocycles. The van der Waals surface area contributed by atoms with Gasteiger partial charge in [-0.25, -0.2) is 24.1 Å². The molecule has 0 saturated carbocycles. The predicted molar refractivity (Wildman–Crippen MR) is 130 cm³/mol. The number of nitrogens with one attached hydrogen (secondary N) is 3. The molecule has 1 atom stereocenters. The monoisotopic (exact) mass is 524 g/mol. The zero-order valence-corrected chi connectivity index (χ0v) is 21.1. The highest BCUT2D eigenvalue weighted by Gasteiger charge is 2.28.